The molecule has 0 amide bonds. The highest BCUT2D eigenvalue weighted by Crippen LogP contribution is 2.59. The van der Waals surface area contributed by atoms with Crippen molar-refractivity contribution in [3.8, 4) is 0 Å². The van der Waals surface area contributed by atoms with Crippen molar-refractivity contribution in [3.05, 3.63) is 80.8 Å². The predicted octanol–water partition coefficient (Wildman–Crippen LogP) is 6.75. The molecule has 0 aromatic heterocycles. The number of rotatable bonds is 7. The molecule has 0 radical (unpaired) electrons. The predicted molar refractivity (Wildman–Crippen MR) is 138 cm³/mol. The van der Waals surface area contributed by atoms with Crippen molar-refractivity contribution in [1.29, 1.82) is 0 Å². The van der Waals surface area contributed by atoms with Gasteiger partial charge < -0.3 is 9.47 Å². The summed E-state index contributed by atoms with van der Waals surface area (Å²) in [5.41, 5.74) is 2.16. The average molecular weight is 592 g/mol. The third kappa shape index (κ3) is 5.36. The van der Waals surface area contributed by atoms with Crippen LogP contribution in [0.25, 0.3) is 0 Å². The fourth-order valence-electron chi connectivity index (χ4n) is 5.34. The lowest BCUT2D eigenvalue weighted by atomic mass is 9.83. The molecule has 2 bridgehead atoms. The lowest BCUT2D eigenvalue weighted by Gasteiger charge is -2.30. The summed E-state index contributed by atoms with van der Waals surface area (Å²) in [7, 11) is -1.64. The van der Waals surface area contributed by atoms with E-state index in [1.165, 1.54) is 0 Å². The number of carbonyl (C=O) groups is 2. The quantitative estimate of drug-likeness (QED) is 0.203. The van der Waals surface area contributed by atoms with Crippen LogP contribution in [0.15, 0.2) is 69.6 Å². The molecule has 2 aromatic carbocycles. The van der Waals surface area contributed by atoms with Crippen LogP contribution in [0.5, 0.6) is 0 Å². The second-order valence-electron chi connectivity index (χ2n) is 9.95. The van der Waals surface area contributed by atoms with E-state index in [-0.39, 0.29) is 37.0 Å². The first kappa shape index (κ1) is 24.4. The van der Waals surface area contributed by atoms with Gasteiger partial charge in [0.1, 0.15) is 13.2 Å². The number of ether oxygens (including phenoxy) is 2. The molecule has 1 fully saturated rings. The highest BCUT2D eigenvalue weighted by atomic mass is 79.9. The summed E-state index contributed by atoms with van der Waals surface area (Å²) in [5, 5.41) is 0. The van der Waals surface area contributed by atoms with Gasteiger partial charge in [-0.1, -0.05) is 87.9 Å². The summed E-state index contributed by atoms with van der Waals surface area (Å²) in [5.74, 6) is -1.53. The van der Waals surface area contributed by atoms with Gasteiger partial charge in [0.05, 0.1) is 11.8 Å². The molecule has 4 nitrogen and oxygen atoms in total. The molecule has 0 aliphatic heterocycles. The Morgan fingerprint density at radius 3 is 1.42 bits per heavy atom. The minimum absolute atomic E-state index is 0.0318. The summed E-state index contributed by atoms with van der Waals surface area (Å²) >= 11 is 6.84. The fraction of sp³-hybridized carbons (Fsp3) is 0.385. The fourth-order valence-corrected chi connectivity index (χ4v) is 8.82. The summed E-state index contributed by atoms with van der Waals surface area (Å²) in [6.45, 7) is 7.32. The molecule has 0 heterocycles. The van der Waals surface area contributed by atoms with E-state index >= 15 is 0 Å². The van der Waals surface area contributed by atoms with Gasteiger partial charge in [-0.3, -0.25) is 9.59 Å². The van der Waals surface area contributed by atoms with Gasteiger partial charge in [-0.25, -0.2) is 0 Å². The van der Waals surface area contributed by atoms with Gasteiger partial charge in [0.2, 0.25) is 0 Å². The number of hydrogen-bond acceptors (Lipinski definition) is 4. The van der Waals surface area contributed by atoms with Crippen LogP contribution in [-0.4, -0.2) is 20.0 Å². The molecule has 1 saturated carbocycles. The number of fused-ring (bicyclic) bond motifs is 2. The van der Waals surface area contributed by atoms with E-state index in [2.05, 4.69) is 63.7 Å². The van der Waals surface area contributed by atoms with Gasteiger partial charge in [-0.15, -0.1) is 0 Å². The van der Waals surface area contributed by atoms with Gasteiger partial charge in [-0.2, -0.15) is 0 Å². The molecule has 2 aromatic rings. The van der Waals surface area contributed by atoms with E-state index in [1.807, 2.05) is 48.5 Å². The van der Waals surface area contributed by atoms with Crippen LogP contribution in [0.4, 0.5) is 0 Å². The van der Waals surface area contributed by atoms with Gasteiger partial charge >= 0.3 is 11.9 Å². The van der Waals surface area contributed by atoms with Gasteiger partial charge in [0, 0.05) is 17.0 Å². The van der Waals surface area contributed by atoms with Crippen LogP contribution in [0.1, 0.15) is 11.1 Å². The molecular weight excluding hydrogens is 564 g/mol. The van der Waals surface area contributed by atoms with E-state index in [4.69, 9.17) is 9.47 Å². The maximum absolute atomic E-state index is 13.3. The second kappa shape index (κ2) is 9.88. The smallest absolute Gasteiger partial charge is 0.310 e. The summed E-state index contributed by atoms with van der Waals surface area (Å²) in [6, 6.07) is 15.4. The van der Waals surface area contributed by atoms with Crippen molar-refractivity contribution in [3.63, 3.8) is 0 Å². The third-order valence-corrected chi connectivity index (χ3v) is 10.6. The number of carbonyl (C=O) groups excluding carboxylic acids is 2. The minimum atomic E-state index is -1.64. The van der Waals surface area contributed by atoms with Crippen LogP contribution >= 0.6 is 31.9 Å². The molecule has 33 heavy (non-hydrogen) atoms. The number of allylic oxidation sites excluding steroid dienone is 2. The molecule has 4 rings (SSSR count). The lowest BCUT2D eigenvalue weighted by Crippen LogP contribution is -2.35. The number of benzene rings is 2. The Labute approximate surface area is 213 Å². The van der Waals surface area contributed by atoms with Gasteiger partial charge in [0.15, 0.2) is 0 Å². The zero-order valence-electron chi connectivity index (χ0n) is 19.0. The monoisotopic (exact) mass is 590 g/mol. The van der Waals surface area contributed by atoms with Crippen LogP contribution in [-0.2, 0) is 32.3 Å². The first-order valence-electron chi connectivity index (χ1n) is 11.2. The van der Waals surface area contributed by atoms with Crippen LogP contribution in [0.3, 0.4) is 0 Å². The van der Waals surface area contributed by atoms with Crippen molar-refractivity contribution in [2.75, 3.05) is 0 Å². The molecule has 5 atom stereocenters. The number of hydrogen-bond donors (Lipinski definition) is 0. The molecule has 2 aliphatic carbocycles. The normalized spacial score (nSPS) is 25.8. The Kier molecular flexibility index (Phi) is 7.31. The molecule has 7 heteroatoms. The highest BCUT2D eigenvalue weighted by Gasteiger charge is 2.61. The van der Waals surface area contributed by atoms with E-state index in [0.29, 0.717) is 5.54 Å². The van der Waals surface area contributed by atoms with E-state index in [9.17, 15) is 9.59 Å². The lowest BCUT2D eigenvalue weighted by molar-refractivity contribution is -0.162. The first-order valence-corrected chi connectivity index (χ1v) is 16.3. The second-order valence-corrected chi connectivity index (χ2v) is 17.2. The summed E-state index contributed by atoms with van der Waals surface area (Å²) in [4.78, 5) is 26.6. The van der Waals surface area contributed by atoms with Crippen molar-refractivity contribution in [1.82, 2.24) is 0 Å². The van der Waals surface area contributed by atoms with Crippen LogP contribution < -0.4 is 0 Å². The SMILES string of the molecule is C[Si](C)(C)C1[C@H]2C=C[C@@H]1[C@@H](C(=O)OCc1ccc(Br)cc1)[C@H]2C(=O)OCc1ccc(Br)cc1. The Bertz CT molecular complexity index is 966. The summed E-state index contributed by atoms with van der Waals surface area (Å²) in [6.07, 6.45) is 4.27. The summed E-state index contributed by atoms with van der Waals surface area (Å²) < 4.78 is 13.4. The van der Waals surface area contributed by atoms with Crippen LogP contribution in [0.2, 0.25) is 25.2 Å². The molecule has 1 unspecified atom stereocenters. The largest absolute Gasteiger partial charge is 0.461 e. The Morgan fingerprint density at radius 1 is 0.727 bits per heavy atom. The maximum atomic E-state index is 13.3. The van der Waals surface area contributed by atoms with Crippen molar-refractivity contribution < 1.29 is 19.1 Å². The maximum Gasteiger partial charge on any atom is 0.310 e. The first-order chi connectivity index (χ1) is 15.6. The minimum Gasteiger partial charge on any atom is -0.461 e. The van der Waals surface area contributed by atoms with Crippen molar-refractivity contribution >= 4 is 51.9 Å². The van der Waals surface area contributed by atoms with E-state index in [0.717, 1.165) is 20.1 Å². The average Bonchev–Trinajstić information content (AvgIpc) is 3.35. The topological polar surface area (TPSA) is 52.6 Å². The van der Waals surface area contributed by atoms with E-state index in [1.54, 1.807) is 0 Å². The molecule has 0 saturated heterocycles. The third-order valence-electron chi connectivity index (χ3n) is 6.73. The molecule has 0 N–H and O–H groups in total. The Morgan fingerprint density at radius 2 is 1.09 bits per heavy atom. The number of esters is 2. The van der Waals surface area contributed by atoms with Crippen molar-refractivity contribution in [2.24, 2.45) is 23.7 Å². The Hall–Kier alpha value is -1.70. The Balaban J connectivity index is 1.51. The van der Waals surface area contributed by atoms with E-state index < -0.39 is 19.9 Å². The van der Waals surface area contributed by atoms with Gasteiger partial charge in [-0.05, 0) is 52.8 Å². The van der Waals surface area contributed by atoms with Crippen molar-refractivity contribution in [2.45, 2.75) is 38.4 Å². The zero-order chi connectivity index (χ0) is 23.8. The zero-order valence-corrected chi connectivity index (χ0v) is 23.1. The molecular formula is C26H28Br2O4Si. The standard InChI is InChI=1S/C26H28Br2O4Si/c1-33(2,3)24-20-12-13-21(24)23(26(30)32-15-17-6-10-19(28)11-7-17)22(20)25(29)31-14-16-4-8-18(27)9-5-16/h4-13,20-24H,14-15H2,1-3H3/t20-,21+,22-,23+,24?. The van der Waals surface area contributed by atoms with Gasteiger partial charge in [0.25, 0.3) is 0 Å². The molecule has 174 valence electrons. The highest BCUT2D eigenvalue weighted by molar-refractivity contribution is 9.10. The molecule has 2 aliphatic rings. The van der Waals surface area contributed by atoms with Crippen LogP contribution in [0, 0.1) is 23.7 Å². The number of halogens is 2. The molecule has 0 spiro atoms.